The summed E-state index contributed by atoms with van der Waals surface area (Å²) in [6.45, 7) is 0. The van der Waals surface area contributed by atoms with Gasteiger partial charge in [-0.1, -0.05) is 146 Å². The minimum atomic E-state index is 0.868. The van der Waals surface area contributed by atoms with E-state index in [0.29, 0.717) is 0 Å². The highest BCUT2D eigenvalue weighted by Crippen LogP contribution is 2.49. The number of para-hydroxylation sites is 1. The molecule has 0 bridgehead atoms. The Labute approximate surface area is 299 Å². The third-order valence-corrected chi connectivity index (χ3v) is 10.7. The van der Waals surface area contributed by atoms with Crippen LogP contribution in [0.1, 0.15) is 0 Å². The van der Waals surface area contributed by atoms with Crippen molar-refractivity contribution in [3.8, 4) is 44.5 Å². The molecule has 52 heavy (non-hydrogen) atoms. The SMILES string of the molecule is c1ccc(-c2ccc(-c3c4ccccc4c(-c4cc(-c5ccc6ccoc6c5)cc5oc6ccccc6c45)c4ccccc34)c3ccccc23)cc1. The van der Waals surface area contributed by atoms with Crippen LogP contribution in [0.5, 0.6) is 0 Å². The molecule has 0 aliphatic carbocycles. The normalized spacial score (nSPS) is 11.8. The van der Waals surface area contributed by atoms with E-state index in [9.17, 15) is 0 Å². The summed E-state index contributed by atoms with van der Waals surface area (Å²) in [5, 5.41) is 10.7. The number of furan rings is 2. The first kappa shape index (κ1) is 28.9. The zero-order valence-corrected chi connectivity index (χ0v) is 28.1. The first-order chi connectivity index (χ1) is 25.8. The molecular formula is C50H30O2. The third kappa shape index (κ3) is 4.31. The smallest absolute Gasteiger partial charge is 0.136 e. The van der Waals surface area contributed by atoms with Crippen molar-refractivity contribution in [2.75, 3.05) is 0 Å². The lowest BCUT2D eigenvalue weighted by Gasteiger charge is -2.20. The van der Waals surface area contributed by atoms with Crippen molar-refractivity contribution in [3.63, 3.8) is 0 Å². The van der Waals surface area contributed by atoms with Gasteiger partial charge in [-0.15, -0.1) is 0 Å². The minimum Gasteiger partial charge on any atom is -0.464 e. The molecule has 2 heterocycles. The molecule has 0 fully saturated rings. The van der Waals surface area contributed by atoms with Gasteiger partial charge in [0.1, 0.15) is 16.7 Å². The summed E-state index contributed by atoms with van der Waals surface area (Å²) in [6, 6.07) is 63.4. The Morgan fingerprint density at radius 2 is 0.865 bits per heavy atom. The topological polar surface area (TPSA) is 26.3 Å². The molecule has 11 aromatic rings. The van der Waals surface area contributed by atoms with E-state index in [-0.39, 0.29) is 0 Å². The summed E-state index contributed by atoms with van der Waals surface area (Å²) >= 11 is 0. The van der Waals surface area contributed by atoms with Gasteiger partial charge >= 0.3 is 0 Å². The van der Waals surface area contributed by atoms with Crippen molar-refractivity contribution in [1.29, 1.82) is 0 Å². The Kier molecular flexibility index (Phi) is 6.28. The van der Waals surface area contributed by atoms with Gasteiger partial charge in [-0.25, -0.2) is 0 Å². The monoisotopic (exact) mass is 662 g/mol. The quantitative estimate of drug-likeness (QED) is 0.175. The molecule has 0 N–H and O–H groups in total. The number of hydrogen-bond acceptors (Lipinski definition) is 2. The lowest BCUT2D eigenvalue weighted by molar-refractivity contribution is 0.616. The summed E-state index contributed by atoms with van der Waals surface area (Å²) < 4.78 is 12.5. The van der Waals surface area contributed by atoms with Gasteiger partial charge in [0.15, 0.2) is 0 Å². The molecule has 0 unspecified atom stereocenters. The van der Waals surface area contributed by atoms with Gasteiger partial charge in [-0.2, -0.15) is 0 Å². The highest BCUT2D eigenvalue weighted by Gasteiger charge is 2.22. The van der Waals surface area contributed by atoms with E-state index in [1.165, 1.54) is 60.1 Å². The van der Waals surface area contributed by atoms with Gasteiger partial charge in [-0.05, 0) is 107 Å². The zero-order chi connectivity index (χ0) is 34.2. The molecule has 11 rings (SSSR count). The molecule has 0 spiro atoms. The molecule has 0 saturated heterocycles. The summed E-state index contributed by atoms with van der Waals surface area (Å²) in [6.07, 6.45) is 1.75. The summed E-state index contributed by atoms with van der Waals surface area (Å²) in [5.41, 5.74) is 12.1. The predicted octanol–water partition coefficient (Wildman–Crippen LogP) is 14.5. The lowest BCUT2D eigenvalue weighted by Crippen LogP contribution is -1.93. The molecule has 2 heteroatoms. The molecule has 242 valence electrons. The fraction of sp³-hybridized carbons (Fsp3) is 0. The van der Waals surface area contributed by atoms with Gasteiger partial charge in [-0.3, -0.25) is 0 Å². The second-order valence-corrected chi connectivity index (χ2v) is 13.6. The van der Waals surface area contributed by atoms with Gasteiger partial charge in [0.05, 0.1) is 6.26 Å². The number of rotatable bonds is 4. The fourth-order valence-corrected chi connectivity index (χ4v) is 8.45. The maximum absolute atomic E-state index is 6.64. The van der Waals surface area contributed by atoms with E-state index in [4.69, 9.17) is 8.83 Å². The van der Waals surface area contributed by atoms with Crippen LogP contribution in [0.2, 0.25) is 0 Å². The van der Waals surface area contributed by atoms with Crippen molar-refractivity contribution in [1.82, 2.24) is 0 Å². The summed E-state index contributed by atoms with van der Waals surface area (Å²) in [7, 11) is 0. The number of benzene rings is 9. The highest BCUT2D eigenvalue weighted by atomic mass is 16.3. The molecule has 0 saturated carbocycles. The second kappa shape index (κ2) is 11.3. The van der Waals surface area contributed by atoms with E-state index >= 15 is 0 Å². The van der Waals surface area contributed by atoms with Crippen molar-refractivity contribution in [2.45, 2.75) is 0 Å². The Bertz CT molecular complexity index is 3120. The Morgan fingerprint density at radius 3 is 1.58 bits per heavy atom. The highest BCUT2D eigenvalue weighted by molar-refractivity contribution is 6.27. The van der Waals surface area contributed by atoms with E-state index in [1.54, 1.807) is 6.26 Å². The van der Waals surface area contributed by atoms with Crippen LogP contribution in [-0.2, 0) is 0 Å². The summed E-state index contributed by atoms with van der Waals surface area (Å²) in [5.74, 6) is 0. The molecule has 0 amide bonds. The maximum Gasteiger partial charge on any atom is 0.136 e. The Balaban J connectivity index is 1.26. The van der Waals surface area contributed by atoms with Crippen molar-refractivity contribution in [2.24, 2.45) is 0 Å². The van der Waals surface area contributed by atoms with E-state index in [1.807, 2.05) is 12.1 Å². The zero-order valence-electron chi connectivity index (χ0n) is 28.1. The van der Waals surface area contributed by atoms with E-state index < -0.39 is 0 Å². The molecule has 0 aliphatic rings. The Morgan fingerprint density at radius 1 is 0.308 bits per heavy atom. The maximum atomic E-state index is 6.64. The average molecular weight is 663 g/mol. The molecule has 0 atom stereocenters. The van der Waals surface area contributed by atoms with Crippen molar-refractivity contribution < 1.29 is 8.83 Å². The predicted molar refractivity (Wildman–Crippen MR) is 218 cm³/mol. The molecule has 2 aromatic heterocycles. The van der Waals surface area contributed by atoms with Crippen LogP contribution in [-0.4, -0.2) is 0 Å². The van der Waals surface area contributed by atoms with E-state index in [0.717, 1.165) is 49.6 Å². The van der Waals surface area contributed by atoms with Crippen LogP contribution in [0.15, 0.2) is 191 Å². The van der Waals surface area contributed by atoms with Crippen LogP contribution in [0.25, 0.3) is 110 Å². The van der Waals surface area contributed by atoms with Gasteiger partial charge in [0, 0.05) is 16.2 Å². The largest absolute Gasteiger partial charge is 0.464 e. The van der Waals surface area contributed by atoms with Crippen LogP contribution < -0.4 is 0 Å². The average Bonchev–Trinajstić information content (AvgIpc) is 3.84. The van der Waals surface area contributed by atoms with Crippen LogP contribution in [0.4, 0.5) is 0 Å². The molecule has 9 aromatic carbocycles. The minimum absolute atomic E-state index is 0.868. The van der Waals surface area contributed by atoms with Gasteiger partial charge < -0.3 is 8.83 Å². The lowest BCUT2D eigenvalue weighted by atomic mass is 9.82. The second-order valence-electron chi connectivity index (χ2n) is 13.6. The number of fused-ring (bicyclic) bond motifs is 7. The third-order valence-electron chi connectivity index (χ3n) is 10.7. The first-order valence-corrected chi connectivity index (χ1v) is 17.7. The van der Waals surface area contributed by atoms with Gasteiger partial charge in [0.2, 0.25) is 0 Å². The first-order valence-electron chi connectivity index (χ1n) is 17.7. The summed E-state index contributed by atoms with van der Waals surface area (Å²) in [4.78, 5) is 0. The van der Waals surface area contributed by atoms with Gasteiger partial charge in [0.25, 0.3) is 0 Å². The molecule has 2 nitrogen and oxygen atoms in total. The number of hydrogen-bond donors (Lipinski definition) is 0. The molecule has 0 radical (unpaired) electrons. The molecular weight excluding hydrogens is 633 g/mol. The van der Waals surface area contributed by atoms with Crippen LogP contribution >= 0.6 is 0 Å². The Hall–Kier alpha value is -6.90. The van der Waals surface area contributed by atoms with Crippen molar-refractivity contribution in [3.05, 3.63) is 182 Å². The standard InChI is InChI=1S/C50H30O2/c1-2-12-31(13-3-1)35-24-25-42(37-15-5-4-14-36(35)37)48-38-16-6-8-18-40(38)49(41-19-9-7-17-39(41)48)44-28-34(33-23-22-32-26-27-51-46(32)29-33)30-47-50(44)43-20-10-11-21-45(43)52-47/h1-30H. The van der Waals surface area contributed by atoms with Crippen molar-refractivity contribution >= 4 is 65.2 Å². The van der Waals surface area contributed by atoms with E-state index in [2.05, 4.69) is 164 Å². The van der Waals surface area contributed by atoms with Crippen LogP contribution in [0, 0.1) is 0 Å². The van der Waals surface area contributed by atoms with Crippen LogP contribution in [0.3, 0.4) is 0 Å². The fourth-order valence-electron chi connectivity index (χ4n) is 8.45. The molecule has 0 aliphatic heterocycles.